The largest absolute Gasteiger partial charge is 0.573 e. The number of rotatable bonds is 6. The zero-order chi connectivity index (χ0) is 19.5. The summed E-state index contributed by atoms with van der Waals surface area (Å²) in [6.07, 6.45) is -4.93. The quantitative estimate of drug-likeness (QED) is 0.777. The number of nitrogens with zero attached hydrogens (tertiary/aromatic N) is 1. The van der Waals surface area contributed by atoms with Crippen LogP contribution in [-0.4, -0.2) is 49.2 Å². The van der Waals surface area contributed by atoms with Gasteiger partial charge in [0, 0.05) is 18.4 Å². The van der Waals surface area contributed by atoms with Gasteiger partial charge in [-0.1, -0.05) is 19.9 Å². The summed E-state index contributed by atoms with van der Waals surface area (Å²) in [7, 11) is -4.15. The molecule has 1 aromatic carbocycles. The summed E-state index contributed by atoms with van der Waals surface area (Å²) in [6, 6.07) is 3.23. The summed E-state index contributed by atoms with van der Waals surface area (Å²) in [6.45, 7) is 4.22. The molecule has 1 fully saturated rings. The number of halogens is 3. The van der Waals surface area contributed by atoms with E-state index in [1.807, 2.05) is 13.8 Å². The standard InChI is InChI=1S/C15H19F3N2O4S2/c1-10(2)7-19-14(21)13-8-25-9-20(13)26(22,23)12-5-3-4-11(6-12)24-15(16,17)18/h3-6,10,13H,7-9H2,1-2H3,(H,19,21). The highest BCUT2D eigenvalue weighted by Gasteiger charge is 2.40. The van der Waals surface area contributed by atoms with E-state index in [2.05, 4.69) is 10.1 Å². The minimum Gasteiger partial charge on any atom is -0.406 e. The second-order valence-electron chi connectivity index (χ2n) is 6.07. The van der Waals surface area contributed by atoms with Crippen LogP contribution in [0.4, 0.5) is 13.2 Å². The first kappa shape index (κ1) is 20.8. The van der Waals surface area contributed by atoms with Gasteiger partial charge in [-0.15, -0.1) is 24.9 Å². The van der Waals surface area contributed by atoms with Gasteiger partial charge in [-0.05, 0) is 18.1 Å². The van der Waals surface area contributed by atoms with E-state index in [9.17, 15) is 26.4 Å². The highest BCUT2D eigenvalue weighted by molar-refractivity contribution is 8.00. The number of sulfonamides is 1. The fourth-order valence-corrected chi connectivity index (χ4v) is 5.45. The number of carbonyl (C=O) groups excluding carboxylic acids is 1. The molecule has 0 bridgehead atoms. The molecule has 1 N–H and O–H groups in total. The number of hydrogen-bond acceptors (Lipinski definition) is 5. The van der Waals surface area contributed by atoms with Crippen LogP contribution in [0.2, 0.25) is 0 Å². The first-order chi connectivity index (χ1) is 12.0. The Bertz CT molecular complexity index is 754. The molecule has 1 aliphatic heterocycles. The Morgan fingerprint density at radius 3 is 2.73 bits per heavy atom. The summed E-state index contributed by atoms with van der Waals surface area (Å²) in [5.74, 6) is -0.524. The minimum absolute atomic E-state index is 0.0481. The molecule has 1 aliphatic rings. The SMILES string of the molecule is CC(C)CNC(=O)C1CSCN1S(=O)(=O)c1cccc(OC(F)(F)F)c1. The monoisotopic (exact) mass is 412 g/mol. The second kappa shape index (κ2) is 8.05. The van der Waals surface area contributed by atoms with E-state index < -0.39 is 34.1 Å². The number of ether oxygens (including phenoxy) is 1. The summed E-state index contributed by atoms with van der Waals surface area (Å²) >= 11 is 1.26. The Kier molecular flexibility index (Phi) is 6.46. The van der Waals surface area contributed by atoms with Crippen LogP contribution in [0.15, 0.2) is 29.2 Å². The van der Waals surface area contributed by atoms with Crippen molar-refractivity contribution in [3.63, 3.8) is 0 Å². The number of carbonyl (C=O) groups is 1. The average Bonchev–Trinajstić information content (AvgIpc) is 3.01. The van der Waals surface area contributed by atoms with Crippen molar-refractivity contribution < 1.29 is 31.1 Å². The maximum Gasteiger partial charge on any atom is 0.573 e. The van der Waals surface area contributed by atoms with Gasteiger partial charge in [0.05, 0.1) is 10.8 Å². The van der Waals surface area contributed by atoms with Crippen LogP contribution in [-0.2, 0) is 14.8 Å². The predicted octanol–water partition coefficient (Wildman–Crippen LogP) is 2.42. The topological polar surface area (TPSA) is 75.7 Å². The van der Waals surface area contributed by atoms with Gasteiger partial charge in [-0.2, -0.15) is 4.31 Å². The number of thioether (sulfide) groups is 1. The van der Waals surface area contributed by atoms with Crippen molar-refractivity contribution in [1.29, 1.82) is 0 Å². The fourth-order valence-electron chi connectivity index (χ4n) is 2.26. The number of amides is 1. The van der Waals surface area contributed by atoms with Gasteiger partial charge in [0.15, 0.2) is 0 Å². The molecule has 6 nitrogen and oxygen atoms in total. The number of alkyl halides is 3. The molecule has 0 saturated carbocycles. The molecule has 0 aliphatic carbocycles. The molecule has 2 rings (SSSR count). The zero-order valence-electron chi connectivity index (χ0n) is 14.1. The first-order valence-electron chi connectivity index (χ1n) is 7.74. The van der Waals surface area contributed by atoms with Crippen LogP contribution in [0, 0.1) is 5.92 Å². The third kappa shape index (κ3) is 5.27. The van der Waals surface area contributed by atoms with Crippen LogP contribution in [0.5, 0.6) is 5.75 Å². The van der Waals surface area contributed by atoms with E-state index in [4.69, 9.17) is 0 Å². The van der Waals surface area contributed by atoms with Crippen molar-refractivity contribution in [2.24, 2.45) is 5.92 Å². The predicted molar refractivity (Wildman–Crippen MR) is 91.1 cm³/mol. The lowest BCUT2D eigenvalue weighted by atomic mass is 10.2. The van der Waals surface area contributed by atoms with Gasteiger partial charge in [0.1, 0.15) is 11.8 Å². The lowest BCUT2D eigenvalue weighted by Crippen LogP contribution is -2.47. The molecule has 146 valence electrons. The Balaban J connectivity index is 2.23. The van der Waals surface area contributed by atoms with Crippen molar-refractivity contribution >= 4 is 27.7 Å². The van der Waals surface area contributed by atoms with E-state index in [1.54, 1.807) is 0 Å². The third-order valence-electron chi connectivity index (χ3n) is 3.47. The van der Waals surface area contributed by atoms with Crippen LogP contribution < -0.4 is 10.1 Å². The molecule has 1 aromatic rings. The molecule has 1 amide bonds. The maximum atomic E-state index is 12.8. The molecular weight excluding hydrogens is 393 g/mol. The van der Waals surface area contributed by atoms with Crippen molar-refractivity contribution in [2.45, 2.75) is 31.1 Å². The highest BCUT2D eigenvalue weighted by atomic mass is 32.2. The first-order valence-corrected chi connectivity index (χ1v) is 10.3. The van der Waals surface area contributed by atoms with Crippen molar-refractivity contribution in [3.8, 4) is 5.75 Å². The summed E-state index contributed by atoms with van der Waals surface area (Å²) in [5.41, 5.74) is 0. The van der Waals surface area contributed by atoms with Crippen molar-refractivity contribution in [1.82, 2.24) is 9.62 Å². The molecule has 1 unspecified atom stereocenters. The zero-order valence-corrected chi connectivity index (χ0v) is 15.7. The van der Waals surface area contributed by atoms with E-state index >= 15 is 0 Å². The van der Waals surface area contributed by atoms with Crippen LogP contribution in [0.3, 0.4) is 0 Å². The minimum atomic E-state index is -4.93. The van der Waals surface area contributed by atoms with Crippen LogP contribution >= 0.6 is 11.8 Å². The molecule has 1 atom stereocenters. The number of hydrogen-bond donors (Lipinski definition) is 1. The lowest BCUT2D eigenvalue weighted by molar-refractivity contribution is -0.274. The number of benzene rings is 1. The van der Waals surface area contributed by atoms with E-state index in [1.165, 1.54) is 17.8 Å². The van der Waals surface area contributed by atoms with Crippen molar-refractivity contribution in [2.75, 3.05) is 18.2 Å². The Labute approximate surface area is 154 Å². The normalized spacial score (nSPS) is 18.9. The lowest BCUT2D eigenvalue weighted by Gasteiger charge is -2.23. The molecule has 1 heterocycles. The van der Waals surface area contributed by atoms with Gasteiger partial charge < -0.3 is 10.1 Å². The summed E-state index contributed by atoms with van der Waals surface area (Å²) < 4.78 is 67.4. The number of nitrogens with one attached hydrogen (secondary N) is 1. The molecular formula is C15H19F3N2O4S2. The molecule has 0 radical (unpaired) electrons. The van der Waals surface area contributed by atoms with Gasteiger partial charge in [0.25, 0.3) is 0 Å². The van der Waals surface area contributed by atoms with Gasteiger partial charge in [-0.25, -0.2) is 8.42 Å². The summed E-state index contributed by atoms with van der Waals surface area (Å²) in [5, 5.41) is 2.69. The van der Waals surface area contributed by atoms with Gasteiger partial charge in [-0.3, -0.25) is 4.79 Å². The van der Waals surface area contributed by atoms with Crippen LogP contribution in [0.25, 0.3) is 0 Å². The van der Waals surface area contributed by atoms with E-state index in [0.717, 1.165) is 22.5 Å². The fraction of sp³-hybridized carbons (Fsp3) is 0.533. The van der Waals surface area contributed by atoms with Crippen molar-refractivity contribution in [3.05, 3.63) is 24.3 Å². The Morgan fingerprint density at radius 1 is 1.42 bits per heavy atom. The van der Waals surface area contributed by atoms with E-state index in [0.29, 0.717) is 6.54 Å². The van der Waals surface area contributed by atoms with Crippen LogP contribution in [0.1, 0.15) is 13.8 Å². The van der Waals surface area contributed by atoms with Gasteiger partial charge in [0.2, 0.25) is 15.9 Å². The second-order valence-corrected chi connectivity index (χ2v) is 8.96. The molecule has 0 spiro atoms. The highest BCUT2D eigenvalue weighted by Crippen LogP contribution is 2.31. The van der Waals surface area contributed by atoms with Gasteiger partial charge >= 0.3 is 6.36 Å². The average molecular weight is 412 g/mol. The maximum absolute atomic E-state index is 12.8. The molecule has 1 saturated heterocycles. The molecule has 0 aromatic heterocycles. The third-order valence-corrected chi connectivity index (χ3v) is 6.50. The Hall–Kier alpha value is -1.46. The smallest absolute Gasteiger partial charge is 0.406 e. The molecule has 11 heteroatoms. The molecule has 26 heavy (non-hydrogen) atoms. The Morgan fingerprint density at radius 2 is 2.12 bits per heavy atom. The summed E-state index contributed by atoms with van der Waals surface area (Å²) in [4.78, 5) is 11.9. The van der Waals surface area contributed by atoms with E-state index in [-0.39, 0.29) is 22.4 Å².